The molecular formula is C14H17ClN2O4. The van der Waals surface area contributed by atoms with Crippen molar-refractivity contribution in [2.45, 2.75) is 18.4 Å². The van der Waals surface area contributed by atoms with E-state index in [1.54, 1.807) is 24.3 Å². The molecule has 6 nitrogen and oxygen atoms in total. The molecule has 1 aromatic carbocycles. The number of carbonyl (C=O) groups excluding carboxylic acids is 1. The first-order valence-corrected chi connectivity index (χ1v) is 7.01. The van der Waals surface area contributed by atoms with Crippen LogP contribution in [0.25, 0.3) is 0 Å². The Morgan fingerprint density at radius 2 is 1.81 bits per heavy atom. The van der Waals surface area contributed by atoms with Crippen molar-refractivity contribution in [1.82, 2.24) is 10.2 Å². The second-order valence-electron chi connectivity index (χ2n) is 5.18. The van der Waals surface area contributed by atoms with E-state index in [0.717, 1.165) is 0 Å². The molecule has 0 aliphatic carbocycles. The van der Waals surface area contributed by atoms with E-state index in [1.807, 2.05) is 0 Å². The van der Waals surface area contributed by atoms with Crippen LogP contribution in [0.5, 0.6) is 0 Å². The minimum Gasteiger partial charge on any atom is -0.465 e. The van der Waals surface area contributed by atoms with E-state index in [0.29, 0.717) is 23.4 Å². The Balaban J connectivity index is 1.86. The quantitative estimate of drug-likeness (QED) is 0.790. The number of nitrogens with zero attached hydrogens (tertiary/aromatic N) is 1. The molecule has 1 aliphatic rings. The number of halogens is 1. The molecule has 0 bridgehead atoms. The van der Waals surface area contributed by atoms with Crippen molar-refractivity contribution >= 4 is 23.6 Å². The third kappa shape index (κ3) is 4.09. The summed E-state index contributed by atoms with van der Waals surface area (Å²) in [5.74, 6) is -0.291. The fraction of sp³-hybridized carbons (Fsp3) is 0.429. The van der Waals surface area contributed by atoms with Crippen molar-refractivity contribution in [3.05, 3.63) is 34.9 Å². The van der Waals surface area contributed by atoms with Gasteiger partial charge in [0.2, 0.25) is 0 Å². The molecule has 3 N–H and O–H groups in total. The van der Waals surface area contributed by atoms with Crippen LogP contribution in [0, 0.1) is 0 Å². The first-order valence-electron chi connectivity index (χ1n) is 6.64. The summed E-state index contributed by atoms with van der Waals surface area (Å²) < 4.78 is 0. The number of carbonyl (C=O) groups is 2. The predicted octanol–water partition coefficient (Wildman–Crippen LogP) is 1.57. The fourth-order valence-corrected chi connectivity index (χ4v) is 2.37. The van der Waals surface area contributed by atoms with Gasteiger partial charge in [-0.15, -0.1) is 0 Å². The topological polar surface area (TPSA) is 89.9 Å². The van der Waals surface area contributed by atoms with Gasteiger partial charge in [0.05, 0.1) is 5.60 Å². The van der Waals surface area contributed by atoms with E-state index in [4.69, 9.17) is 16.7 Å². The van der Waals surface area contributed by atoms with E-state index in [-0.39, 0.29) is 25.5 Å². The Morgan fingerprint density at radius 1 is 1.24 bits per heavy atom. The molecule has 2 amide bonds. The number of carboxylic acid groups (broad SMARTS) is 1. The number of aliphatic hydroxyl groups is 1. The molecule has 7 heteroatoms. The summed E-state index contributed by atoms with van der Waals surface area (Å²) in [5, 5.41) is 22.4. The van der Waals surface area contributed by atoms with E-state index >= 15 is 0 Å². The third-order valence-corrected chi connectivity index (χ3v) is 3.90. The fourth-order valence-electron chi connectivity index (χ4n) is 2.24. The summed E-state index contributed by atoms with van der Waals surface area (Å²) in [6.07, 6.45) is -0.373. The Hall–Kier alpha value is -1.79. The van der Waals surface area contributed by atoms with Gasteiger partial charge in [0.15, 0.2) is 0 Å². The Bertz CT molecular complexity index is 524. The number of nitrogens with one attached hydrogen (secondary N) is 1. The van der Waals surface area contributed by atoms with Crippen molar-refractivity contribution in [3.63, 3.8) is 0 Å². The molecule has 1 aliphatic heterocycles. The molecule has 1 saturated heterocycles. The standard InChI is InChI=1S/C14H17ClN2O4/c15-11-3-1-10(2-4-11)12(18)16-9-14(21)5-7-17(8-6-14)13(19)20/h1-4,21H,5-9H2,(H,16,18)(H,19,20). The molecule has 0 aromatic heterocycles. The molecule has 0 saturated carbocycles. The van der Waals surface area contributed by atoms with Gasteiger partial charge in [-0.3, -0.25) is 4.79 Å². The molecule has 2 rings (SSSR count). The van der Waals surface area contributed by atoms with Crippen LogP contribution in [0.2, 0.25) is 5.02 Å². The van der Waals surface area contributed by atoms with Gasteiger partial charge in [-0.2, -0.15) is 0 Å². The largest absolute Gasteiger partial charge is 0.465 e. The van der Waals surface area contributed by atoms with Gasteiger partial charge < -0.3 is 20.4 Å². The maximum absolute atomic E-state index is 11.9. The van der Waals surface area contributed by atoms with Crippen LogP contribution in [0.1, 0.15) is 23.2 Å². The smallest absolute Gasteiger partial charge is 0.407 e. The van der Waals surface area contributed by atoms with E-state index in [9.17, 15) is 14.7 Å². The highest BCUT2D eigenvalue weighted by atomic mass is 35.5. The molecule has 114 valence electrons. The molecule has 21 heavy (non-hydrogen) atoms. The van der Waals surface area contributed by atoms with Crippen molar-refractivity contribution in [2.24, 2.45) is 0 Å². The number of rotatable bonds is 3. The van der Waals surface area contributed by atoms with Gasteiger partial charge in [0.1, 0.15) is 0 Å². The lowest BCUT2D eigenvalue weighted by molar-refractivity contribution is -0.0148. The lowest BCUT2D eigenvalue weighted by atomic mass is 9.91. The van der Waals surface area contributed by atoms with Crippen molar-refractivity contribution in [2.75, 3.05) is 19.6 Å². The molecule has 1 heterocycles. The van der Waals surface area contributed by atoms with Gasteiger partial charge in [-0.1, -0.05) is 11.6 Å². The van der Waals surface area contributed by atoms with E-state index in [2.05, 4.69) is 5.32 Å². The van der Waals surface area contributed by atoms with Crippen LogP contribution in [0.15, 0.2) is 24.3 Å². The molecule has 1 aromatic rings. The number of amides is 2. The first-order chi connectivity index (χ1) is 9.89. The van der Waals surface area contributed by atoms with Crippen molar-refractivity contribution < 1.29 is 19.8 Å². The van der Waals surface area contributed by atoms with E-state index < -0.39 is 11.7 Å². The summed E-state index contributed by atoms with van der Waals surface area (Å²) in [6, 6.07) is 6.45. The summed E-state index contributed by atoms with van der Waals surface area (Å²) in [7, 11) is 0. The molecule has 1 fully saturated rings. The predicted molar refractivity (Wildman–Crippen MR) is 77.6 cm³/mol. The highest BCUT2D eigenvalue weighted by molar-refractivity contribution is 6.30. The number of hydrogen-bond donors (Lipinski definition) is 3. The first kappa shape index (κ1) is 15.6. The van der Waals surface area contributed by atoms with Crippen LogP contribution in [0.3, 0.4) is 0 Å². The van der Waals surface area contributed by atoms with E-state index in [1.165, 1.54) is 4.90 Å². The lowest BCUT2D eigenvalue weighted by Gasteiger charge is -2.36. The van der Waals surface area contributed by atoms with Gasteiger partial charge in [-0.25, -0.2) is 4.79 Å². The highest BCUT2D eigenvalue weighted by Crippen LogP contribution is 2.21. The zero-order chi connectivity index (χ0) is 15.5. The average Bonchev–Trinajstić information content (AvgIpc) is 2.46. The van der Waals surface area contributed by atoms with Gasteiger partial charge in [0, 0.05) is 30.2 Å². The van der Waals surface area contributed by atoms with Crippen molar-refractivity contribution in [3.8, 4) is 0 Å². The number of piperidine rings is 1. The van der Waals surface area contributed by atoms with Gasteiger partial charge in [0.25, 0.3) is 5.91 Å². The van der Waals surface area contributed by atoms with Crippen molar-refractivity contribution in [1.29, 1.82) is 0 Å². The Labute approximate surface area is 127 Å². The molecule has 0 atom stereocenters. The monoisotopic (exact) mass is 312 g/mol. The summed E-state index contributed by atoms with van der Waals surface area (Å²) >= 11 is 5.75. The molecule has 0 unspecified atom stereocenters. The maximum Gasteiger partial charge on any atom is 0.407 e. The second-order valence-corrected chi connectivity index (χ2v) is 5.62. The van der Waals surface area contributed by atoms with Gasteiger partial charge >= 0.3 is 6.09 Å². The normalized spacial score (nSPS) is 17.3. The Morgan fingerprint density at radius 3 is 2.33 bits per heavy atom. The third-order valence-electron chi connectivity index (χ3n) is 3.65. The van der Waals surface area contributed by atoms with Gasteiger partial charge in [-0.05, 0) is 37.1 Å². The summed E-state index contributed by atoms with van der Waals surface area (Å²) in [4.78, 5) is 24.0. The Kier molecular flexibility index (Phi) is 4.69. The van der Waals surface area contributed by atoms with Crippen LogP contribution in [0.4, 0.5) is 4.79 Å². The maximum atomic E-state index is 11.9. The molecule has 0 radical (unpaired) electrons. The van der Waals surface area contributed by atoms with Crippen LogP contribution in [-0.2, 0) is 0 Å². The van der Waals surface area contributed by atoms with Crippen LogP contribution in [-0.4, -0.2) is 52.3 Å². The molecule has 0 spiro atoms. The number of likely N-dealkylation sites (tertiary alicyclic amines) is 1. The zero-order valence-electron chi connectivity index (χ0n) is 11.4. The zero-order valence-corrected chi connectivity index (χ0v) is 12.1. The number of benzene rings is 1. The van der Waals surface area contributed by atoms with Crippen LogP contribution < -0.4 is 5.32 Å². The SMILES string of the molecule is O=C(NCC1(O)CCN(C(=O)O)CC1)c1ccc(Cl)cc1. The number of hydrogen-bond acceptors (Lipinski definition) is 3. The minimum absolute atomic E-state index is 0.0991. The summed E-state index contributed by atoms with van der Waals surface area (Å²) in [6.45, 7) is 0.632. The second kappa shape index (κ2) is 6.32. The lowest BCUT2D eigenvalue weighted by Crippen LogP contribution is -2.51. The molecular weight excluding hydrogens is 296 g/mol. The van der Waals surface area contributed by atoms with Crippen LogP contribution >= 0.6 is 11.6 Å². The minimum atomic E-state index is -1.06. The summed E-state index contributed by atoms with van der Waals surface area (Å²) in [5.41, 5.74) is -0.598. The average molecular weight is 313 g/mol. The highest BCUT2D eigenvalue weighted by Gasteiger charge is 2.34.